The molecule has 0 spiro atoms. The van der Waals surface area contributed by atoms with E-state index in [1.807, 2.05) is 65.6 Å². The molecule has 0 aliphatic carbocycles. The summed E-state index contributed by atoms with van der Waals surface area (Å²) in [5.41, 5.74) is 2.83. The van der Waals surface area contributed by atoms with Crippen LogP contribution in [0.4, 0.5) is 5.82 Å². The maximum absolute atomic E-state index is 13.0. The van der Waals surface area contributed by atoms with Gasteiger partial charge in [-0.25, -0.2) is 4.98 Å². The molecular weight excluding hydrogens is 430 g/mol. The van der Waals surface area contributed by atoms with Crippen LogP contribution in [0.25, 0.3) is 22.2 Å². The highest BCUT2D eigenvalue weighted by atomic mass is 16.5. The number of fused-ring (bicyclic) bond motifs is 1. The van der Waals surface area contributed by atoms with Crippen LogP contribution in [-0.2, 0) is 0 Å². The summed E-state index contributed by atoms with van der Waals surface area (Å²) in [6, 6.07) is 21.0. The molecule has 2 aromatic carbocycles. The molecule has 5 rings (SSSR count). The Balaban J connectivity index is 1.26. The van der Waals surface area contributed by atoms with Crippen molar-refractivity contribution in [2.24, 2.45) is 0 Å². The smallest absolute Gasteiger partial charge is 0.272 e. The third kappa shape index (κ3) is 4.22. The molecule has 34 heavy (non-hydrogen) atoms. The standard InChI is InChI=1S/C26H25N5O3/c1-33-19-8-11-24(34-2)20(17-19)22-10-12-25(29-28-22)30-13-15-31(16-14-30)26(32)23-9-7-18-5-3-4-6-21(18)27-23/h3-12,17H,13-16H2,1-2H3. The highest BCUT2D eigenvalue weighted by Crippen LogP contribution is 2.32. The number of carbonyl (C=O) groups excluding carboxylic acids is 1. The van der Waals surface area contributed by atoms with E-state index in [-0.39, 0.29) is 5.91 Å². The van der Waals surface area contributed by atoms with E-state index < -0.39 is 0 Å². The third-order valence-corrected chi connectivity index (χ3v) is 6.04. The molecule has 4 aromatic rings. The van der Waals surface area contributed by atoms with Gasteiger partial charge in [-0.05, 0) is 42.5 Å². The van der Waals surface area contributed by atoms with Crippen molar-refractivity contribution < 1.29 is 14.3 Å². The molecule has 1 fully saturated rings. The summed E-state index contributed by atoms with van der Waals surface area (Å²) in [6.45, 7) is 2.55. The van der Waals surface area contributed by atoms with Gasteiger partial charge in [-0.1, -0.05) is 24.3 Å². The number of aromatic nitrogens is 3. The molecule has 1 aliphatic heterocycles. The van der Waals surface area contributed by atoms with Crippen LogP contribution in [0.3, 0.4) is 0 Å². The minimum Gasteiger partial charge on any atom is -0.497 e. The minimum atomic E-state index is -0.0445. The highest BCUT2D eigenvalue weighted by Gasteiger charge is 2.24. The first-order valence-corrected chi connectivity index (χ1v) is 11.1. The fourth-order valence-corrected chi connectivity index (χ4v) is 4.14. The molecule has 0 N–H and O–H groups in total. The zero-order chi connectivity index (χ0) is 23.5. The first-order chi connectivity index (χ1) is 16.7. The molecule has 0 radical (unpaired) electrons. The van der Waals surface area contributed by atoms with Gasteiger partial charge in [0.1, 0.15) is 17.2 Å². The van der Waals surface area contributed by atoms with E-state index in [1.54, 1.807) is 20.3 Å². The van der Waals surface area contributed by atoms with Crippen LogP contribution in [-0.4, -0.2) is 66.4 Å². The first-order valence-electron chi connectivity index (χ1n) is 11.1. The number of pyridine rings is 1. The topological polar surface area (TPSA) is 80.7 Å². The number of rotatable bonds is 5. The number of para-hydroxylation sites is 1. The van der Waals surface area contributed by atoms with Gasteiger partial charge >= 0.3 is 0 Å². The van der Waals surface area contributed by atoms with E-state index in [2.05, 4.69) is 20.1 Å². The minimum absolute atomic E-state index is 0.0445. The van der Waals surface area contributed by atoms with E-state index in [0.29, 0.717) is 43.3 Å². The summed E-state index contributed by atoms with van der Waals surface area (Å²) >= 11 is 0. The van der Waals surface area contributed by atoms with Crippen LogP contribution in [0.1, 0.15) is 10.5 Å². The highest BCUT2D eigenvalue weighted by molar-refractivity contribution is 5.95. The van der Waals surface area contributed by atoms with Crippen molar-refractivity contribution in [3.8, 4) is 22.8 Å². The van der Waals surface area contributed by atoms with Gasteiger partial charge in [0.25, 0.3) is 5.91 Å². The average Bonchev–Trinajstić information content (AvgIpc) is 2.92. The number of amides is 1. The van der Waals surface area contributed by atoms with Gasteiger partial charge < -0.3 is 19.3 Å². The number of anilines is 1. The second kappa shape index (κ2) is 9.35. The molecule has 0 saturated carbocycles. The van der Waals surface area contributed by atoms with Crippen LogP contribution in [0.15, 0.2) is 66.7 Å². The Morgan fingerprint density at radius 3 is 2.41 bits per heavy atom. The second-order valence-corrected chi connectivity index (χ2v) is 8.01. The summed E-state index contributed by atoms with van der Waals surface area (Å²) in [6.07, 6.45) is 0. The monoisotopic (exact) mass is 455 g/mol. The lowest BCUT2D eigenvalue weighted by Crippen LogP contribution is -2.49. The number of ether oxygens (including phenoxy) is 2. The lowest BCUT2D eigenvalue weighted by molar-refractivity contribution is 0.0741. The third-order valence-electron chi connectivity index (χ3n) is 6.04. The van der Waals surface area contributed by atoms with Gasteiger partial charge in [-0.2, -0.15) is 0 Å². The summed E-state index contributed by atoms with van der Waals surface area (Å²) in [5.74, 6) is 2.17. The number of nitrogens with zero attached hydrogens (tertiary/aromatic N) is 5. The van der Waals surface area contributed by atoms with E-state index in [4.69, 9.17) is 9.47 Å². The van der Waals surface area contributed by atoms with Crippen LogP contribution < -0.4 is 14.4 Å². The molecule has 1 aliphatic rings. The number of hydrogen-bond donors (Lipinski definition) is 0. The molecule has 8 heteroatoms. The van der Waals surface area contributed by atoms with Crippen LogP contribution in [0, 0.1) is 0 Å². The predicted molar refractivity (Wildman–Crippen MR) is 130 cm³/mol. The molecule has 8 nitrogen and oxygen atoms in total. The number of piperazine rings is 1. The zero-order valence-corrected chi connectivity index (χ0v) is 19.1. The normalized spacial score (nSPS) is 13.7. The van der Waals surface area contributed by atoms with Crippen LogP contribution in [0.5, 0.6) is 11.5 Å². The van der Waals surface area contributed by atoms with E-state index in [1.165, 1.54) is 0 Å². The van der Waals surface area contributed by atoms with Gasteiger partial charge in [0.15, 0.2) is 5.82 Å². The fraction of sp³-hybridized carbons (Fsp3) is 0.231. The Bertz CT molecular complexity index is 1320. The number of hydrogen-bond acceptors (Lipinski definition) is 7. The Kier molecular flexibility index (Phi) is 5.95. The largest absolute Gasteiger partial charge is 0.497 e. The molecule has 1 saturated heterocycles. The van der Waals surface area contributed by atoms with Crippen LogP contribution in [0.2, 0.25) is 0 Å². The van der Waals surface area contributed by atoms with Gasteiger partial charge in [0, 0.05) is 37.1 Å². The van der Waals surface area contributed by atoms with Crippen molar-refractivity contribution in [2.75, 3.05) is 45.3 Å². The number of methoxy groups -OCH3 is 2. The SMILES string of the molecule is COc1ccc(OC)c(-c2ccc(N3CCN(C(=O)c4ccc5ccccc5n4)CC3)nn2)c1. The summed E-state index contributed by atoms with van der Waals surface area (Å²) in [4.78, 5) is 21.5. The van der Waals surface area contributed by atoms with Crippen molar-refractivity contribution in [3.63, 3.8) is 0 Å². The summed E-state index contributed by atoms with van der Waals surface area (Å²) in [7, 11) is 3.25. The maximum Gasteiger partial charge on any atom is 0.272 e. The molecule has 0 atom stereocenters. The molecule has 172 valence electrons. The van der Waals surface area contributed by atoms with Gasteiger partial charge in [0.2, 0.25) is 0 Å². The molecule has 0 bridgehead atoms. The van der Waals surface area contributed by atoms with Gasteiger partial charge in [-0.15, -0.1) is 10.2 Å². The fourth-order valence-electron chi connectivity index (χ4n) is 4.14. The van der Waals surface area contributed by atoms with Gasteiger partial charge in [0.05, 0.1) is 25.4 Å². The summed E-state index contributed by atoms with van der Waals surface area (Å²) in [5, 5.41) is 9.88. The Morgan fingerprint density at radius 2 is 1.68 bits per heavy atom. The maximum atomic E-state index is 13.0. The van der Waals surface area contributed by atoms with Crippen molar-refractivity contribution in [1.29, 1.82) is 0 Å². The quantitative estimate of drug-likeness (QED) is 0.454. The van der Waals surface area contributed by atoms with Gasteiger partial charge in [-0.3, -0.25) is 4.79 Å². The first kappa shape index (κ1) is 21.6. The van der Waals surface area contributed by atoms with Crippen molar-refractivity contribution in [1.82, 2.24) is 20.1 Å². The van der Waals surface area contributed by atoms with Crippen LogP contribution >= 0.6 is 0 Å². The molecule has 1 amide bonds. The molecule has 3 heterocycles. The molecule has 0 unspecified atom stereocenters. The second-order valence-electron chi connectivity index (χ2n) is 8.01. The van der Waals surface area contributed by atoms with Crippen molar-refractivity contribution in [3.05, 3.63) is 72.4 Å². The zero-order valence-electron chi connectivity index (χ0n) is 19.1. The molecular formula is C26H25N5O3. The average molecular weight is 456 g/mol. The van der Waals surface area contributed by atoms with E-state index in [9.17, 15) is 4.79 Å². The number of carbonyl (C=O) groups is 1. The summed E-state index contributed by atoms with van der Waals surface area (Å²) < 4.78 is 10.8. The van der Waals surface area contributed by atoms with Crippen molar-refractivity contribution >= 4 is 22.6 Å². The predicted octanol–water partition coefficient (Wildman–Crippen LogP) is 3.67. The molecule has 2 aromatic heterocycles. The van der Waals surface area contributed by atoms with Crippen molar-refractivity contribution in [2.45, 2.75) is 0 Å². The lowest BCUT2D eigenvalue weighted by atomic mass is 10.1. The van der Waals surface area contributed by atoms with E-state index >= 15 is 0 Å². The Labute approximate surface area is 197 Å². The Morgan fingerprint density at radius 1 is 0.853 bits per heavy atom. The lowest BCUT2D eigenvalue weighted by Gasteiger charge is -2.35. The van der Waals surface area contributed by atoms with E-state index in [0.717, 1.165) is 28.0 Å². The Hall–Kier alpha value is -4.20. The number of benzene rings is 2.